The maximum atomic E-state index is 13.1. The van der Waals surface area contributed by atoms with Crippen molar-refractivity contribution in [3.05, 3.63) is 29.0 Å². The number of anilines is 1. The molecule has 0 saturated carbocycles. The van der Waals surface area contributed by atoms with Crippen molar-refractivity contribution in [2.24, 2.45) is 0 Å². The van der Waals surface area contributed by atoms with E-state index in [1.807, 2.05) is 0 Å². The van der Waals surface area contributed by atoms with Crippen LogP contribution in [0.5, 0.6) is 0 Å². The minimum Gasteiger partial charge on any atom is -0.394 e. The second-order valence-corrected chi connectivity index (χ2v) is 5.73. The van der Waals surface area contributed by atoms with E-state index in [1.165, 1.54) is 12.1 Å². The first-order valence-corrected chi connectivity index (χ1v) is 7.70. The SMILES string of the molecule is O=C(NCC1(OCCO)CCOC1)C(=O)Nc1ccc(F)c(Cl)c1. The third-order valence-electron chi connectivity index (χ3n) is 3.52. The monoisotopic (exact) mass is 360 g/mol. The van der Waals surface area contributed by atoms with Gasteiger partial charge in [0.05, 0.1) is 24.8 Å². The molecule has 9 heteroatoms. The quantitative estimate of drug-likeness (QED) is 0.649. The van der Waals surface area contributed by atoms with Crippen LogP contribution < -0.4 is 10.6 Å². The van der Waals surface area contributed by atoms with Gasteiger partial charge in [-0.25, -0.2) is 4.39 Å². The fourth-order valence-corrected chi connectivity index (χ4v) is 2.42. The van der Waals surface area contributed by atoms with Crippen LogP contribution >= 0.6 is 11.6 Å². The zero-order valence-electron chi connectivity index (χ0n) is 12.8. The fraction of sp³-hybridized carbons (Fsp3) is 0.467. The Morgan fingerprint density at radius 2 is 2.21 bits per heavy atom. The number of nitrogens with one attached hydrogen (secondary N) is 2. The molecule has 0 radical (unpaired) electrons. The highest BCUT2D eigenvalue weighted by molar-refractivity contribution is 6.39. The minimum absolute atomic E-state index is 0.0728. The maximum absolute atomic E-state index is 13.1. The first-order valence-electron chi connectivity index (χ1n) is 7.32. The van der Waals surface area contributed by atoms with Gasteiger partial charge in [-0.3, -0.25) is 9.59 Å². The molecule has 0 aliphatic carbocycles. The van der Waals surface area contributed by atoms with Crippen LogP contribution in [0.4, 0.5) is 10.1 Å². The summed E-state index contributed by atoms with van der Waals surface area (Å²) in [7, 11) is 0. The standard InChI is InChI=1S/C15H18ClFN2O5/c16-11-7-10(1-2-12(11)17)19-14(22)13(21)18-8-15(24-6-4-20)3-5-23-9-15/h1-2,7,20H,3-6,8-9H2,(H,18,21)(H,19,22). The van der Waals surface area contributed by atoms with Crippen molar-refractivity contribution in [2.75, 3.05) is 38.3 Å². The molecule has 1 aliphatic rings. The van der Waals surface area contributed by atoms with Gasteiger partial charge in [0.2, 0.25) is 0 Å². The number of halogens is 2. The molecular formula is C15H18ClFN2O5. The smallest absolute Gasteiger partial charge is 0.313 e. The number of ether oxygens (including phenoxy) is 2. The Kier molecular flexibility index (Phi) is 6.50. The van der Waals surface area contributed by atoms with Crippen LogP contribution in [0.2, 0.25) is 5.02 Å². The summed E-state index contributed by atoms with van der Waals surface area (Å²) in [5.74, 6) is -2.40. The lowest BCUT2D eigenvalue weighted by Crippen LogP contribution is -2.48. The lowest BCUT2D eigenvalue weighted by atomic mass is 10.0. The molecule has 1 fully saturated rings. The number of hydrogen-bond acceptors (Lipinski definition) is 5. The summed E-state index contributed by atoms with van der Waals surface area (Å²) >= 11 is 5.61. The highest BCUT2D eigenvalue weighted by Gasteiger charge is 2.36. The topological polar surface area (TPSA) is 96.9 Å². The maximum Gasteiger partial charge on any atom is 0.313 e. The van der Waals surface area contributed by atoms with Gasteiger partial charge in [-0.05, 0) is 18.2 Å². The van der Waals surface area contributed by atoms with Crippen LogP contribution in [0, 0.1) is 5.82 Å². The molecule has 2 rings (SSSR count). The predicted octanol–water partition coefficient (Wildman–Crippen LogP) is 0.702. The molecule has 0 bridgehead atoms. The van der Waals surface area contributed by atoms with Gasteiger partial charge >= 0.3 is 11.8 Å². The lowest BCUT2D eigenvalue weighted by Gasteiger charge is -2.27. The zero-order valence-corrected chi connectivity index (χ0v) is 13.6. The van der Waals surface area contributed by atoms with E-state index in [0.29, 0.717) is 13.0 Å². The van der Waals surface area contributed by atoms with Gasteiger partial charge in [-0.15, -0.1) is 0 Å². The van der Waals surface area contributed by atoms with Gasteiger partial charge in [0, 0.05) is 25.3 Å². The van der Waals surface area contributed by atoms with Gasteiger partial charge in [0.1, 0.15) is 11.4 Å². The molecule has 24 heavy (non-hydrogen) atoms. The second kappa shape index (κ2) is 8.39. The summed E-state index contributed by atoms with van der Waals surface area (Å²) in [6.45, 7) is 0.772. The Morgan fingerprint density at radius 3 is 2.83 bits per heavy atom. The third-order valence-corrected chi connectivity index (χ3v) is 3.81. The van der Waals surface area contributed by atoms with Crippen LogP contribution in [0.25, 0.3) is 0 Å². The Hall–Kier alpha value is -1.74. The Morgan fingerprint density at radius 1 is 1.42 bits per heavy atom. The van der Waals surface area contributed by atoms with E-state index in [4.69, 9.17) is 26.2 Å². The number of aliphatic hydroxyl groups excluding tert-OH is 1. The van der Waals surface area contributed by atoms with Crippen molar-refractivity contribution in [3.8, 4) is 0 Å². The molecule has 2 amide bonds. The number of aliphatic hydroxyl groups is 1. The summed E-state index contributed by atoms with van der Waals surface area (Å²) in [5.41, 5.74) is -0.547. The van der Waals surface area contributed by atoms with E-state index in [2.05, 4.69) is 10.6 Å². The first kappa shape index (κ1) is 18.6. The molecule has 1 atom stereocenters. The molecule has 1 heterocycles. The number of benzene rings is 1. The summed E-state index contributed by atoms with van der Waals surface area (Å²) in [6, 6.07) is 3.59. The van der Waals surface area contributed by atoms with Crippen LogP contribution in [-0.2, 0) is 19.1 Å². The largest absolute Gasteiger partial charge is 0.394 e. The van der Waals surface area contributed by atoms with Crippen LogP contribution in [-0.4, -0.2) is 55.5 Å². The number of carbonyl (C=O) groups is 2. The fourth-order valence-electron chi connectivity index (χ4n) is 2.24. The van der Waals surface area contributed by atoms with Crippen LogP contribution in [0.1, 0.15) is 6.42 Å². The first-order chi connectivity index (χ1) is 11.5. The Balaban J connectivity index is 1.88. The van der Waals surface area contributed by atoms with Crippen molar-refractivity contribution in [2.45, 2.75) is 12.0 Å². The van der Waals surface area contributed by atoms with Gasteiger partial charge in [-0.2, -0.15) is 0 Å². The molecule has 0 spiro atoms. The van der Waals surface area contributed by atoms with Crippen LogP contribution in [0.15, 0.2) is 18.2 Å². The molecule has 1 aliphatic heterocycles. The van der Waals surface area contributed by atoms with Crippen molar-refractivity contribution in [3.63, 3.8) is 0 Å². The summed E-state index contributed by atoms with van der Waals surface area (Å²) in [4.78, 5) is 23.8. The third kappa shape index (κ3) is 4.88. The number of amides is 2. The Labute approximate surface area is 143 Å². The number of rotatable bonds is 6. The lowest BCUT2D eigenvalue weighted by molar-refractivity contribution is -0.137. The summed E-state index contributed by atoms with van der Waals surface area (Å²) in [6.07, 6.45) is 0.544. The summed E-state index contributed by atoms with van der Waals surface area (Å²) in [5, 5.41) is 13.5. The highest BCUT2D eigenvalue weighted by Crippen LogP contribution is 2.22. The second-order valence-electron chi connectivity index (χ2n) is 5.32. The molecule has 7 nitrogen and oxygen atoms in total. The van der Waals surface area contributed by atoms with E-state index >= 15 is 0 Å². The molecule has 132 valence electrons. The van der Waals surface area contributed by atoms with Gasteiger partial charge in [0.25, 0.3) is 0 Å². The molecule has 1 aromatic carbocycles. The van der Waals surface area contributed by atoms with Gasteiger partial charge < -0.3 is 25.2 Å². The molecule has 0 aromatic heterocycles. The van der Waals surface area contributed by atoms with E-state index in [1.54, 1.807) is 0 Å². The average Bonchev–Trinajstić information content (AvgIpc) is 3.03. The summed E-state index contributed by atoms with van der Waals surface area (Å²) < 4.78 is 23.9. The van der Waals surface area contributed by atoms with Crippen molar-refractivity contribution < 1.29 is 28.6 Å². The van der Waals surface area contributed by atoms with Crippen LogP contribution in [0.3, 0.4) is 0 Å². The van der Waals surface area contributed by atoms with Crippen molar-refractivity contribution >= 4 is 29.1 Å². The van der Waals surface area contributed by atoms with E-state index in [0.717, 1.165) is 6.07 Å². The zero-order chi connectivity index (χ0) is 17.6. The minimum atomic E-state index is -0.908. The molecular weight excluding hydrogens is 343 g/mol. The van der Waals surface area contributed by atoms with E-state index < -0.39 is 23.2 Å². The molecule has 1 aromatic rings. The highest BCUT2D eigenvalue weighted by atomic mass is 35.5. The molecule has 1 saturated heterocycles. The molecule has 1 unspecified atom stereocenters. The predicted molar refractivity (Wildman–Crippen MR) is 84.3 cm³/mol. The number of carbonyl (C=O) groups excluding carboxylic acids is 2. The van der Waals surface area contributed by atoms with Crippen molar-refractivity contribution in [1.82, 2.24) is 5.32 Å². The Bertz CT molecular complexity index is 608. The van der Waals surface area contributed by atoms with E-state index in [-0.39, 0.29) is 37.1 Å². The molecule has 3 N–H and O–H groups in total. The van der Waals surface area contributed by atoms with Gasteiger partial charge in [-0.1, -0.05) is 11.6 Å². The van der Waals surface area contributed by atoms with Gasteiger partial charge in [0.15, 0.2) is 0 Å². The number of hydrogen-bond donors (Lipinski definition) is 3. The van der Waals surface area contributed by atoms with E-state index in [9.17, 15) is 14.0 Å². The average molecular weight is 361 g/mol. The van der Waals surface area contributed by atoms with Crippen molar-refractivity contribution in [1.29, 1.82) is 0 Å². The normalized spacial score (nSPS) is 20.0.